The minimum absolute atomic E-state index is 0.0233. The minimum Gasteiger partial charge on any atom is -0.474 e. The Labute approximate surface area is 94.9 Å². The van der Waals surface area contributed by atoms with Gasteiger partial charge in [0.2, 0.25) is 5.90 Å². The van der Waals surface area contributed by atoms with Crippen molar-refractivity contribution in [3.05, 3.63) is 35.4 Å². The first-order valence-electron chi connectivity index (χ1n) is 4.82. The minimum atomic E-state index is -4.41. The smallest absolute Gasteiger partial charge is 0.416 e. The zero-order chi connectivity index (χ0) is 12.5. The summed E-state index contributed by atoms with van der Waals surface area (Å²) in [6.07, 6.45) is -4.41. The highest BCUT2D eigenvalue weighted by Gasteiger charge is 2.31. The maximum atomic E-state index is 12.5. The van der Waals surface area contributed by atoms with Gasteiger partial charge in [-0.25, -0.2) is 0 Å². The fraction of sp³-hybridized carbons (Fsp3) is 0.300. The van der Waals surface area contributed by atoms with E-state index in [0.717, 1.165) is 12.1 Å². The molecule has 92 valence electrons. The molecular formula is C10H9F3N2O2. The van der Waals surface area contributed by atoms with Crippen molar-refractivity contribution >= 4 is 5.90 Å². The van der Waals surface area contributed by atoms with Crippen LogP contribution in [-0.2, 0) is 10.9 Å². The first-order chi connectivity index (χ1) is 7.97. The van der Waals surface area contributed by atoms with Gasteiger partial charge in [-0.1, -0.05) is 6.07 Å². The van der Waals surface area contributed by atoms with Crippen molar-refractivity contribution in [3.8, 4) is 0 Å². The molecule has 2 rings (SSSR count). The lowest BCUT2D eigenvalue weighted by Gasteiger charge is -2.20. The van der Waals surface area contributed by atoms with Gasteiger partial charge in [-0.15, -0.1) is 5.10 Å². The van der Waals surface area contributed by atoms with Gasteiger partial charge in [0.1, 0.15) is 6.61 Å². The number of hydrazone groups is 1. The van der Waals surface area contributed by atoms with Gasteiger partial charge in [0, 0.05) is 5.56 Å². The average Bonchev–Trinajstić information content (AvgIpc) is 2.28. The second-order valence-electron chi connectivity index (χ2n) is 3.43. The van der Waals surface area contributed by atoms with Crippen LogP contribution >= 0.6 is 0 Å². The quantitative estimate of drug-likeness (QED) is 0.825. The maximum Gasteiger partial charge on any atom is 0.416 e. The molecule has 17 heavy (non-hydrogen) atoms. The number of benzene rings is 1. The van der Waals surface area contributed by atoms with Crippen LogP contribution in [0.3, 0.4) is 0 Å². The molecule has 0 atom stereocenters. The van der Waals surface area contributed by atoms with Gasteiger partial charge in [0.05, 0.1) is 12.1 Å². The van der Waals surface area contributed by atoms with Crippen molar-refractivity contribution in [3.63, 3.8) is 0 Å². The van der Waals surface area contributed by atoms with E-state index in [9.17, 15) is 13.2 Å². The van der Waals surface area contributed by atoms with Gasteiger partial charge in [-0.3, -0.25) is 5.21 Å². The lowest BCUT2D eigenvalue weighted by Crippen LogP contribution is -2.28. The summed E-state index contributed by atoms with van der Waals surface area (Å²) in [6.45, 7) is 0.355. The number of nitrogens with zero attached hydrogens (tertiary/aromatic N) is 2. The van der Waals surface area contributed by atoms with E-state index in [2.05, 4.69) is 5.10 Å². The van der Waals surface area contributed by atoms with Crippen LogP contribution in [-0.4, -0.2) is 29.4 Å². The third kappa shape index (κ3) is 2.68. The van der Waals surface area contributed by atoms with Gasteiger partial charge >= 0.3 is 6.18 Å². The number of hydrogen-bond donors (Lipinski definition) is 1. The molecule has 0 aromatic heterocycles. The molecule has 0 saturated carbocycles. The second-order valence-corrected chi connectivity index (χ2v) is 3.43. The number of halogens is 3. The molecule has 4 nitrogen and oxygen atoms in total. The molecule has 0 amide bonds. The Balaban J connectivity index is 2.34. The van der Waals surface area contributed by atoms with Crippen LogP contribution in [0.25, 0.3) is 0 Å². The summed E-state index contributed by atoms with van der Waals surface area (Å²) in [5, 5.41) is 13.3. The van der Waals surface area contributed by atoms with Crippen molar-refractivity contribution < 1.29 is 23.1 Å². The standard InChI is InChI=1S/C10H9F3N2O2/c11-10(12,13)8-3-1-2-7(6-8)9-14-15(16)4-5-17-9/h1-3,6,16H,4-5H2. The number of alkyl halides is 3. The predicted molar refractivity (Wildman–Crippen MR) is 52.4 cm³/mol. The summed E-state index contributed by atoms with van der Waals surface area (Å²) in [7, 11) is 0. The number of ether oxygens (including phenoxy) is 1. The zero-order valence-corrected chi connectivity index (χ0v) is 8.61. The molecule has 1 aliphatic heterocycles. The van der Waals surface area contributed by atoms with Crippen LogP contribution in [0.15, 0.2) is 29.4 Å². The average molecular weight is 246 g/mol. The summed E-state index contributed by atoms with van der Waals surface area (Å²) in [5.74, 6) is -0.0233. The van der Waals surface area contributed by atoms with Crippen molar-refractivity contribution in [2.45, 2.75) is 6.18 Å². The number of hydroxylamine groups is 1. The van der Waals surface area contributed by atoms with Crippen LogP contribution < -0.4 is 0 Å². The molecule has 0 spiro atoms. The molecule has 1 aliphatic rings. The molecule has 1 heterocycles. The third-order valence-corrected chi connectivity index (χ3v) is 2.17. The molecule has 0 unspecified atom stereocenters. The molecule has 1 N–H and O–H groups in total. The Kier molecular flexibility index (Phi) is 2.93. The number of rotatable bonds is 1. The molecule has 0 saturated heterocycles. The van der Waals surface area contributed by atoms with Crippen molar-refractivity contribution in [1.82, 2.24) is 5.17 Å². The SMILES string of the molecule is ON1CCOC(c2cccc(C(F)(F)F)c2)=N1. The topological polar surface area (TPSA) is 45.1 Å². The Morgan fingerprint density at radius 1 is 1.35 bits per heavy atom. The summed E-state index contributed by atoms with van der Waals surface area (Å²) >= 11 is 0. The molecule has 0 aliphatic carbocycles. The Morgan fingerprint density at radius 3 is 2.76 bits per heavy atom. The molecule has 0 radical (unpaired) electrons. The van der Waals surface area contributed by atoms with E-state index < -0.39 is 11.7 Å². The Morgan fingerprint density at radius 2 is 2.12 bits per heavy atom. The highest BCUT2D eigenvalue weighted by Crippen LogP contribution is 2.29. The maximum absolute atomic E-state index is 12.5. The van der Waals surface area contributed by atoms with Crippen molar-refractivity contribution in [1.29, 1.82) is 0 Å². The van der Waals surface area contributed by atoms with Crippen LogP contribution in [0.5, 0.6) is 0 Å². The van der Waals surface area contributed by atoms with E-state index in [4.69, 9.17) is 9.94 Å². The van der Waals surface area contributed by atoms with Crippen molar-refractivity contribution in [2.75, 3.05) is 13.2 Å². The molecule has 0 bridgehead atoms. The molecular weight excluding hydrogens is 237 g/mol. The highest BCUT2D eigenvalue weighted by atomic mass is 19.4. The van der Waals surface area contributed by atoms with Crippen LogP contribution in [0.2, 0.25) is 0 Å². The summed E-state index contributed by atoms with van der Waals surface area (Å²) < 4.78 is 42.5. The number of hydrogen-bond acceptors (Lipinski definition) is 4. The first kappa shape index (κ1) is 11.7. The van der Waals surface area contributed by atoms with Gasteiger partial charge in [-0.2, -0.15) is 18.3 Å². The Hall–Kier alpha value is -1.76. The Bertz CT molecular complexity index is 445. The van der Waals surface area contributed by atoms with Crippen LogP contribution in [0.1, 0.15) is 11.1 Å². The largest absolute Gasteiger partial charge is 0.474 e. The van der Waals surface area contributed by atoms with Crippen LogP contribution in [0, 0.1) is 0 Å². The molecule has 1 aromatic carbocycles. The first-order valence-corrected chi connectivity index (χ1v) is 4.82. The second kappa shape index (κ2) is 4.25. The molecule has 1 aromatic rings. The zero-order valence-electron chi connectivity index (χ0n) is 8.61. The summed E-state index contributed by atoms with van der Waals surface area (Å²) in [5.41, 5.74) is -0.602. The normalized spacial score (nSPS) is 16.5. The lowest BCUT2D eigenvalue weighted by atomic mass is 10.1. The van der Waals surface area contributed by atoms with Crippen LogP contribution in [0.4, 0.5) is 13.2 Å². The molecule has 7 heteroatoms. The van der Waals surface area contributed by atoms with Gasteiger partial charge in [-0.05, 0) is 18.2 Å². The summed E-state index contributed by atoms with van der Waals surface area (Å²) in [4.78, 5) is 0. The van der Waals surface area contributed by atoms with E-state index in [1.54, 1.807) is 0 Å². The van der Waals surface area contributed by atoms with E-state index in [1.807, 2.05) is 0 Å². The van der Waals surface area contributed by atoms with Gasteiger partial charge in [0.15, 0.2) is 0 Å². The third-order valence-electron chi connectivity index (χ3n) is 2.17. The predicted octanol–water partition coefficient (Wildman–Crippen LogP) is 2.09. The van der Waals surface area contributed by atoms with Gasteiger partial charge in [0.25, 0.3) is 0 Å². The highest BCUT2D eigenvalue weighted by molar-refractivity contribution is 5.94. The van der Waals surface area contributed by atoms with Gasteiger partial charge < -0.3 is 4.74 Å². The van der Waals surface area contributed by atoms with E-state index in [1.165, 1.54) is 12.1 Å². The lowest BCUT2D eigenvalue weighted by molar-refractivity contribution is -0.137. The van der Waals surface area contributed by atoms with E-state index >= 15 is 0 Å². The van der Waals surface area contributed by atoms with E-state index in [-0.39, 0.29) is 24.6 Å². The van der Waals surface area contributed by atoms with Crippen molar-refractivity contribution in [2.24, 2.45) is 5.10 Å². The fourth-order valence-corrected chi connectivity index (χ4v) is 1.38. The summed E-state index contributed by atoms with van der Waals surface area (Å²) in [6, 6.07) is 4.59. The van der Waals surface area contributed by atoms with E-state index in [0.29, 0.717) is 5.17 Å². The fourth-order valence-electron chi connectivity index (χ4n) is 1.38. The molecule has 0 fully saturated rings. The monoisotopic (exact) mass is 246 g/mol.